The molecule has 0 fully saturated rings. The molecule has 7 heteroatoms. The predicted molar refractivity (Wildman–Crippen MR) is 90.9 cm³/mol. The maximum atomic E-state index is 13.5. The molecule has 2 rings (SSSR count). The molecule has 1 atom stereocenters. The molecule has 2 aromatic rings. The van der Waals surface area contributed by atoms with Crippen LogP contribution in [0.15, 0.2) is 29.6 Å². The second-order valence-corrected chi connectivity index (χ2v) is 6.74. The highest BCUT2D eigenvalue weighted by Crippen LogP contribution is 2.28. The summed E-state index contributed by atoms with van der Waals surface area (Å²) in [6, 6.07) is 5.53. The molecule has 0 saturated carbocycles. The van der Waals surface area contributed by atoms with Crippen LogP contribution in [0.1, 0.15) is 41.0 Å². The van der Waals surface area contributed by atoms with E-state index in [9.17, 15) is 14.0 Å². The predicted octanol–water partition coefficient (Wildman–Crippen LogP) is 5.03. The first-order valence-electron chi connectivity index (χ1n) is 6.89. The molecular formula is C16H14Cl2FNO2S. The summed E-state index contributed by atoms with van der Waals surface area (Å²) in [4.78, 5) is 24.4. The summed E-state index contributed by atoms with van der Waals surface area (Å²) < 4.78 is 13.5. The SMILES string of the molecule is C[C@@H](NC(=O)CCC(=O)c1cccs1)c1cc(F)c(Cl)cc1Cl. The van der Waals surface area contributed by atoms with Crippen LogP contribution < -0.4 is 5.32 Å². The molecular weight excluding hydrogens is 360 g/mol. The zero-order valence-corrected chi connectivity index (χ0v) is 14.6. The lowest BCUT2D eigenvalue weighted by Gasteiger charge is -2.16. The van der Waals surface area contributed by atoms with Gasteiger partial charge in [-0.2, -0.15) is 0 Å². The van der Waals surface area contributed by atoms with E-state index in [4.69, 9.17) is 23.2 Å². The third-order valence-electron chi connectivity index (χ3n) is 3.26. The van der Waals surface area contributed by atoms with Crippen molar-refractivity contribution in [1.29, 1.82) is 0 Å². The van der Waals surface area contributed by atoms with Gasteiger partial charge in [0.05, 0.1) is 15.9 Å². The lowest BCUT2D eigenvalue weighted by Crippen LogP contribution is -2.27. The standard InChI is InChI=1S/C16H14Cl2FNO2S/c1-9(10-7-13(19)12(18)8-11(10)17)20-16(22)5-4-14(21)15-3-2-6-23-15/h2-3,6-9H,4-5H2,1H3,(H,20,22)/t9-/m1/s1. The van der Waals surface area contributed by atoms with E-state index in [2.05, 4.69) is 5.32 Å². The molecule has 1 aromatic carbocycles. The van der Waals surface area contributed by atoms with Crippen LogP contribution >= 0.6 is 34.5 Å². The number of nitrogens with one attached hydrogen (secondary N) is 1. The minimum atomic E-state index is -0.597. The van der Waals surface area contributed by atoms with E-state index >= 15 is 0 Å². The van der Waals surface area contributed by atoms with Crippen LogP contribution in [0.3, 0.4) is 0 Å². The number of carbonyl (C=O) groups excluding carboxylic acids is 2. The number of thiophene rings is 1. The molecule has 0 aliphatic rings. The molecule has 3 nitrogen and oxygen atoms in total. The highest BCUT2D eigenvalue weighted by molar-refractivity contribution is 7.12. The molecule has 0 aliphatic heterocycles. The number of hydrogen-bond acceptors (Lipinski definition) is 3. The number of amides is 1. The van der Waals surface area contributed by atoms with Gasteiger partial charge in [0.15, 0.2) is 5.78 Å². The fourth-order valence-corrected chi connectivity index (χ4v) is 3.29. The van der Waals surface area contributed by atoms with Gasteiger partial charge in [-0.3, -0.25) is 9.59 Å². The average molecular weight is 374 g/mol. The van der Waals surface area contributed by atoms with Crippen LogP contribution in [-0.2, 0) is 4.79 Å². The summed E-state index contributed by atoms with van der Waals surface area (Å²) in [6.45, 7) is 1.69. The van der Waals surface area contributed by atoms with Gasteiger partial charge in [-0.1, -0.05) is 29.3 Å². The Morgan fingerprint density at radius 1 is 1.26 bits per heavy atom. The van der Waals surface area contributed by atoms with Crippen LogP contribution in [0.2, 0.25) is 10.0 Å². The fourth-order valence-electron chi connectivity index (χ4n) is 2.05. The quantitative estimate of drug-likeness (QED) is 0.569. The molecule has 0 aliphatic carbocycles. The Morgan fingerprint density at radius 2 is 2.00 bits per heavy atom. The van der Waals surface area contributed by atoms with Gasteiger partial charge in [0.2, 0.25) is 5.91 Å². The highest BCUT2D eigenvalue weighted by atomic mass is 35.5. The molecule has 0 saturated heterocycles. The Bertz CT molecular complexity index is 719. The third-order valence-corrected chi connectivity index (χ3v) is 4.79. The van der Waals surface area contributed by atoms with Crippen molar-refractivity contribution in [2.24, 2.45) is 0 Å². The maximum Gasteiger partial charge on any atom is 0.220 e. The highest BCUT2D eigenvalue weighted by Gasteiger charge is 2.16. The third kappa shape index (κ3) is 4.77. The van der Waals surface area contributed by atoms with Crippen LogP contribution in [0.25, 0.3) is 0 Å². The number of Topliss-reactive ketones (excluding diaryl/α,β-unsaturated/α-hetero) is 1. The van der Waals surface area contributed by atoms with Crippen molar-refractivity contribution >= 4 is 46.2 Å². The molecule has 1 N–H and O–H groups in total. The Hall–Kier alpha value is -1.43. The maximum absolute atomic E-state index is 13.5. The molecule has 122 valence electrons. The van der Waals surface area contributed by atoms with Crippen molar-refractivity contribution in [2.45, 2.75) is 25.8 Å². The number of halogens is 3. The van der Waals surface area contributed by atoms with E-state index in [0.717, 1.165) is 0 Å². The van der Waals surface area contributed by atoms with Gasteiger partial charge in [-0.25, -0.2) is 4.39 Å². The summed E-state index contributed by atoms with van der Waals surface area (Å²) in [5, 5.41) is 4.72. The van der Waals surface area contributed by atoms with Crippen molar-refractivity contribution in [1.82, 2.24) is 5.32 Å². The second kappa shape index (κ2) is 7.90. The first kappa shape index (κ1) is 17.9. The van der Waals surface area contributed by atoms with Crippen LogP contribution in [0, 0.1) is 5.82 Å². The van der Waals surface area contributed by atoms with Crippen LogP contribution in [-0.4, -0.2) is 11.7 Å². The lowest BCUT2D eigenvalue weighted by molar-refractivity contribution is -0.121. The normalized spacial score (nSPS) is 12.0. The monoisotopic (exact) mass is 373 g/mol. The number of ketones is 1. The molecule has 0 bridgehead atoms. The van der Waals surface area contributed by atoms with E-state index in [1.165, 1.54) is 23.5 Å². The van der Waals surface area contributed by atoms with Gasteiger partial charge >= 0.3 is 0 Å². The fraction of sp³-hybridized carbons (Fsp3) is 0.250. The van der Waals surface area contributed by atoms with Crippen molar-refractivity contribution in [3.05, 3.63) is 55.9 Å². The Balaban J connectivity index is 1.92. The summed E-state index contributed by atoms with van der Waals surface area (Å²) in [5.74, 6) is -0.966. The average Bonchev–Trinajstić information content (AvgIpc) is 3.02. The minimum absolute atomic E-state index is 0.0643. The molecule has 1 heterocycles. The topological polar surface area (TPSA) is 46.2 Å². The summed E-state index contributed by atoms with van der Waals surface area (Å²) >= 11 is 13.0. The van der Waals surface area contributed by atoms with E-state index in [-0.39, 0.29) is 34.6 Å². The van der Waals surface area contributed by atoms with Gasteiger partial charge < -0.3 is 5.32 Å². The summed E-state index contributed by atoms with van der Waals surface area (Å²) in [6.07, 6.45) is 0.191. The first-order valence-corrected chi connectivity index (χ1v) is 8.52. The number of carbonyl (C=O) groups is 2. The van der Waals surface area contributed by atoms with Crippen LogP contribution in [0.5, 0.6) is 0 Å². The molecule has 0 radical (unpaired) electrons. The largest absolute Gasteiger partial charge is 0.350 e. The Labute approximate surface area is 147 Å². The zero-order chi connectivity index (χ0) is 17.0. The van der Waals surface area contributed by atoms with E-state index in [1.807, 2.05) is 5.38 Å². The van der Waals surface area contributed by atoms with Gasteiger partial charge in [0.25, 0.3) is 0 Å². The van der Waals surface area contributed by atoms with E-state index < -0.39 is 11.9 Å². The van der Waals surface area contributed by atoms with Crippen LogP contribution in [0.4, 0.5) is 4.39 Å². The zero-order valence-electron chi connectivity index (χ0n) is 12.2. The molecule has 1 aromatic heterocycles. The van der Waals surface area contributed by atoms with Gasteiger partial charge in [-0.15, -0.1) is 11.3 Å². The van der Waals surface area contributed by atoms with E-state index in [1.54, 1.807) is 19.1 Å². The van der Waals surface area contributed by atoms with Crippen molar-refractivity contribution in [3.63, 3.8) is 0 Å². The second-order valence-electron chi connectivity index (χ2n) is 4.98. The van der Waals surface area contributed by atoms with Gasteiger partial charge in [0.1, 0.15) is 5.82 Å². The summed E-state index contributed by atoms with van der Waals surface area (Å²) in [5.41, 5.74) is 0.437. The van der Waals surface area contributed by atoms with E-state index in [0.29, 0.717) is 10.4 Å². The van der Waals surface area contributed by atoms with Crippen molar-refractivity contribution < 1.29 is 14.0 Å². The smallest absolute Gasteiger partial charge is 0.220 e. The molecule has 0 unspecified atom stereocenters. The Morgan fingerprint density at radius 3 is 2.65 bits per heavy atom. The number of hydrogen-bond donors (Lipinski definition) is 1. The van der Waals surface area contributed by atoms with Gasteiger partial charge in [0, 0.05) is 17.9 Å². The Kier molecular flexibility index (Phi) is 6.16. The number of rotatable bonds is 6. The lowest BCUT2D eigenvalue weighted by atomic mass is 10.1. The molecule has 1 amide bonds. The van der Waals surface area contributed by atoms with Crippen molar-refractivity contribution in [3.8, 4) is 0 Å². The molecule has 23 heavy (non-hydrogen) atoms. The first-order chi connectivity index (χ1) is 10.9. The number of benzene rings is 1. The molecule has 0 spiro atoms. The minimum Gasteiger partial charge on any atom is -0.350 e. The van der Waals surface area contributed by atoms with Crippen molar-refractivity contribution in [2.75, 3.05) is 0 Å². The summed E-state index contributed by atoms with van der Waals surface area (Å²) in [7, 11) is 0. The van der Waals surface area contributed by atoms with Gasteiger partial charge in [-0.05, 0) is 36.1 Å².